The summed E-state index contributed by atoms with van der Waals surface area (Å²) in [5.74, 6) is 0.717. The molecule has 0 aromatic heterocycles. The van der Waals surface area contributed by atoms with Crippen molar-refractivity contribution >= 4 is 15.9 Å². The lowest BCUT2D eigenvalue weighted by Crippen LogP contribution is -2.40. The molecule has 23 heavy (non-hydrogen) atoms. The number of rotatable bonds is 5. The van der Waals surface area contributed by atoms with Crippen molar-refractivity contribution in [2.75, 3.05) is 26.3 Å². The lowest BCUT2D eigenvalue weighted by atomic mass is 10.2. The quantitative estimate of drug-likeness (QED) is 0.868. The topological polar surface area (TPSA) is 75.7 Å². The van der Waals surface area contributed by atoms with E-state index >= 15 is 0 Å². The number of amides is 1. The number of carbonyl (C=O) groups excluding carboxylic acids is 1. The third-order valence-corrected chi connectivity index (χ3v) is 6.36. The highest BCUT2D eigenvalue weighted by Crippen LogP contribution is 2.37. The maximum Gasteiger partial charge on any atom is 0.243 e. The molecule has 7 heteroatoms. The van der Waals surface area contributed by atoms with Gasteiger partial charge >= 0.3 is 0 Å². The maximum absolute atomic E-state index is 12.5. The first-order valence-electron chi connectivity index (χ1n) is 7.93. The molecule has 1 heterocycles. The molecule has 1 amide bonds. The number of hydrogen-bond donors (Lipinski definition) is 1. The van der Waals surface area contributed by atoms with E-state index in [1.165, 1.54) is 4.31 Å². The molecule has 0 unspecified atom stereocenters. The number of nitrogens with zero attached hydrogens (tertiary/aromatic N) is 1. The van der Waals surface area contributed by atoms with Crippen LogP contribution < -0.4 is 5.32 Å². The number of carbonyl (C=O) groups is 1. The largest absolute Gasteiger partial charge is 0.379 e. The van der Waals surface area contributed by atoms with Gasteiger partial charge in [-0.05, 0) is 30.0 Å². The molecule has 1 N–H and O–H groups in total. The van der Waals surface area contributed by atoms with Crippen LogP contribution >= 0.6 is 0 Å². The van der Waals surface area contributed by atoms with Crippen LogP contribution in [0.15, 0.2) is 29.2 Å². The minimum atomic E-state index is -3.45. The standard InChI is InChI=1S/C16H22N2O4S/c1-12-10-15(12)16(19)17-11-13-2-4-14(5-3-13)23(20,21)18-6-8-22-9-7-18/h2-5,12,15H,6-11H2,1H3,(H,17,19)/t12-,15+/m0/s1. The van der Waals surface area contributed by atoms with E-state index in [0.29, 0.717) is 38.8 Å². The summed E-state index contributed by atoms with van der Waals surface area (Å²) in [4.78, 5) is 12.1. The average Bonchev–Trinajstić information content (AvgIpc) is 3.31. The van der Waals surface area contributed by atoms with Crippen molar-refractivity contribution in [1.82, 2.24) is 9.62 Å². The third-order valence-electron chi connectivity index (χ3n) is 4.44. The molecule has 2 atom stereocenters. The van der Waals surface area contributed by atoms with Crippen molar-refractivity contribution in [2.24, 2.45) is 11.8 Å². The van der Waals surface area contributed by atoms with Gasteiger partial charge in [-0.2, -0.15) is 4.31 Å². The van der Waals surface area contributed by atoms with Crippen LogP contribution in [0.2, 0.25) is 0 Å². The van der Waals surface area contributed by atoms with Gasteiger partial charge < -0.3 is 10.1 Å². The SMILES string of the molecule is C[C@H]1C[C@H]1C(=O)NCc1ccc(S(=O)(=O)N2CCOCC2)cc1. The molecule has 1 aromatic carbocycles. The van der Waals surface area contributed by atoms with Crippen LogP contribution in [0.3, 0.4) is 0 Å². The van der Waals surface area contributed by atoms with Crippen LogP contribution in [0.5, 0.6) is 0 Å². The zero-order valence-electron chi connectivity index (χ0n) is 13.2. The van der Waals surface area contributed by atoms with Crippen molar-refractivity contribution in [3.63, 3.8) is 0 Å². The Balaban J connectivity index is 1.61. The molecule has 1 aliphatic heterocycles. The van der Waals surface area contributed by atoms with Gasteiger partial charge in [0, 0.05) is 25.6 Å². The molecule has 1 saturated carbocycles. The fourth-order valence-corrected chi connectivity index (χ4v) is 4.13. The van der Waals surface area contributed by atoms with Gasteiger partial charge in [-0.25, -0.2) is 8.42 Å². The van der Waals surface area contributed by atoms with Gasteiger partial charge in [0.05, 0.1) is 18.1 Å². The van der Waals surface area contributed by atoms with E-state index in [-0.39, 0.29) is 16.7 Å². The fourth-order valence-electron chi connectivity index (χ4n) is 2.72. The number of benzene rings is 1. The van der Waals surface area contributed by atoms with E-state index in [4.69, 9.17) is 4.74 Å². The van der Waals surface area contributed by atoms with E-state index in [0.717, 1.165) is 12.0 Å². The van der Waals surface area contributed by atoms with Gasteiger partial charge in [-0.1, -0.05) is 19.1 Å². The van der Waals surface area contributed by atoms with E-state index < -0.39 is 10.0 Å². The highest BCUT2D eigenvalue weighted by Gasteiger charge is 2.38. The van der Waals surface area contributed by atoms with Crippen molar-refractivity contribution < 1.29 is 17.9 Å². The first-order valence-corrected chi connectivity index (χ1v) is 9.37. The van der Waals surface area contributed by atoms with Crippen LogP contribution in [0, 0.1) is 11.8 Å². The van der Waals surface area contributed by atoms with Gasteiger partial charge in [0.1, 0.15) is 0 Å². The Labute approximate surface area is 136 Å². The Kier molecular flexibility index (Phi) is 4.70. The van der Waals surface area contributed by atoms with Crippen LogP contribution in [-0.4, -0.2) is 44.9 Å². The van der Waals surface area contributed by atoms with Crippen molar-refractivity contribution in [2.45, 2.75) is 24.8 Å². The number of hydrogen-bond acceptors (Lipinski definition) is 4. The van der Waals surface area contributed by atoms with Crippen LogP contribution in [0.25, 0.3) is 0 Å². The molecule has 2 fully saturated rings. The average molecular weight is 338 g/mol. The van der Waals surface area contributed by atoms with Gasteiger partial charge in [-0.15, -0.1) is 0 Å². The molecule has 0 radical (unpaired) electrons. The molecule has 126 valence electrons. The minimum Gasteiger partial charge on any atom is -0.379 e. The molecule has 1 aromatic rings. The van der Waals surface area contributed by atoms with Crippen LogP contribution in [0.4, 0.5) is 0 Å². The number of morpholine rings is 1. The van der Waals surface area contributed by atoms with Gasteiger partial charge in [0.2, 0.25) is 15.9 Å². The first-order chi connectivity index (χ1) is 11.0. The molecule has 2 aliphatic rings. The summed E-state index contributed by atoms with van der Waals surface area (Å²) in [6, 6.07) is 6.71. The third kappa shape index (κ3) is 3.73. The number of ether oxygens (including phenoxy) is 1. The smallest absolute Gasteiger partial charge is 0.243 e. The Bertz CT molecular complexity index is 666. The summed E-state index contributed by atoms with van der Waals surface area (Å²) in [6.07, 6.45) is 0.961. The summed E-state index contributed by atoms with van der Waals surface area (Å²) >= 11 is 0. The van der Waals surface area contributed by atoms with Gasteiger partial charge in [0.15, 0.2) is 0 Å². The second kappa shape index (κ2) is 6.59. The Morgan fingerprint density at radius 2 is 1.87 bits per heavy atom. The van der Waals surface area contributed by atoms with E-state index in [1.54, 1.807) is 24.3 Å². The second-order valence-corrected chi connectivity index (χ2v) is 8.14. The highest BCUT2D eigenvalue weighted by molar-refractivity contribution is 7.89. The summed E-state index contributed by atoms with van der Waals surface area (Å²) in [5, 5.41) is 2.90. The van der Waals surface area contributed by atoms with E-state index in [9.17, 15) is 13.2 Å². The summed E-state index contributed by atoms with van der Waals surface area (Å²) in [5.41, 5.74) is 0.896. The first kappa shape index (κ1) is 16.4. The Morgan fingerprint density at radius 3 is 2.43 bits per heavy atom. The summed E-state index contributed by atoms with van der Waals surface area (Å²) < 4.78 is 31.6. The summed E-state index contributed by atoms with van der Waals surface area (Å²) in [6.45, 7) is 4.14. The number of nitrogens with one attached hydrogen (secondary N) is 1. The molecule has 1 aliphatic carbocycles. The molecule has 0 spiro atoms. The summed E-state index contributed by atoms with van der Waals surface area (Å²) in [7, 11) is -3.45. The molecular formula is C16H22N2O4S. The van der Waals surface area contributed by atoms with Crippen molar-refractivity contribution in [3.8, 4) is 0 Å². The second-order valence-electron chi connectivity index (χ2n) is 6.20. The molecule has 6 nitrogen and oxygen atoms in total. The van der Waals surface area contributed by atoms with E-state index in [2.05, 4.69) is 12.2 Å². The fraction of sp³-hybridized carbons (Fsp3) is 0.562. The molecule has 1 saturated heterocycles. The van der Waals surface area contributed by atoms with Gasteiger partial charge in [-0.3, -0.25) is 4.79 Å². The zero-order valence-corrected chi connectivity index (χ0v) is 14.0. The molecular weight excluding hydrogens is 316 g/mol. The predicted octanol–water partition coefficient (Wildman–Crippen LogP) is 0.980. The maximum atomic E-state index is 12.5. The zero-order chi connectivity index (χ0) is 16.4. The monoisotopic (exact) mass is 338 g/mol. The normalized spacial score (nSPS) is 25.1. The lowest BCUT2D eigenvalue weighted by Gasteiger charge is -2.26. The van der Waals surface area contributed by atoms with Crippen molar-refractivity contribution in [3.05, 3.63) is 29.8 Å². The Hall–Kier alpha value is -1.44. The van der Waals surface area contributed by atoms with Crippen molar-refractivity contribution in [1.29, 1.82) is 0 Å². The predicted molar refractivity (Wildman–Crippen MR) is 85.1 cm³/mol. The minimum absolute atomic E-state index is 0.0857. The molecule has 3 rings (SSSR count). The van der Waals surface area contributed by atoms with E-state index in [1.807, 2.05) is 0 Å². The molecule has 0 bridgehead atoms. The number of sulfonamides is 1. The Morgan fingerprint density at radius 1 is 1.26 bits per heavy atom. The van der Waals surface area contributed by atoms with Crippen LogP contribution in [-0.2, 0) is 26.1 Å². The highest BCUT2D eigenvalue weighted by atomic mass is 32.2. The van der Waals surface area contributed by atoms with Gasteiger partial charge in [0.25, 0.3) is 0 Å². The lowest BCUT2D eigenvalue weighted by molar-refractivity contribution is -0.122. The van der Waals surface area contributed by atoms with Crippen LogP contribution in [0.1, 0.15) is 18.9 Å².